The Bertz CT molecular complexity index is 241. The summed E-state index contributed by atoms with van der Waals surface area (Å²) in [5.74, 6) is 7.31. The molecule has 0 aromatic carbocycles. The lowest BCUT2D eigenvalue weighted by Crippen LogP contribution is -2.44. The van der Waals surface area contributed by atoms with Crippen molar-refractivity contribution in [3.05, 3.63) is 0 Å². The number of rotatable bonds is 3. The van der Waals surface area contributed by atoms with E-state index in [-0.39, 0.29) is 0 Å². The number of hydrogen-bond acceptors (Lipinski definition) is 2. The van der Waals surface area contributed by atoms with Crippen LogP contribution < -0.4 is 11.3 Å². The van der Waals surface area contributed by atoms with Gasteiger partial charge in [0.1, 0.15) is 0 Å². The summed E-state index contributed by atoms with van der Waals surface area (Å²) in [7, 11) is 2.08. The quantitative estimate of drug-likeness (QED) is 0.330. The van der Waals surface area contributed by atoms with Crippen molar-refractivity contribution in [2.45, 2.75) is 51.0 Å². The summed E-state index contributed by atoms with van der Waals surface area (Å²) in [6.45, 7) is 1.09. The highest BCUT2D eigenvalue weighted by molar-refractivity contribution is 5.79. The maximum atomic E-state index is 5.56. The number of nitrogens with one attached hydrogen (secondary N) is 1. The van der Waals surface area contributed by atoms with Crippen LogP contribution in [-0.2, 0) is 0 Å². The Kier molecular flexibility index (Phi) is 4.04. The molecule has 4 heteroatoms. The van der Waals surface area contributed by atoms with E-state index in [4.69, 9.17) is 10.8 Å². The zero-order chi connectivity index (χ0) is 11.4. The lowest BCUT2D eigenvalue weighted by atomic mass is 9.96. The molecule has 0 heterocycles. The largest absolute Gasteiger partial charge is 0.345 e. The number of hydrazine groups is 1. The van der Waals surface area contributed by atoms with Crippen LogP contribution in [0, 0.1) is 5.92 Å². The van der Waals surface area contributed by atoms with Gasteiger partial charge >= 0.3 is 0 Å². The lowest BCUT2D eigenvalue weighted by Gasteiger charge is -2.24. The Hall–Kier alpha value is -0.770. The molecular weight excluding hydrogens is 200 g/mol. The Morgan fingerprint density at radius 3 is 2.50 bits per heavy atom. The molecule has 0 spiro atoms. The zero-order valence-electron chi connectivity index (χ0n) is 10.3. The molecule has 0 radical (unpaired) electrons. The van der Waals surface area contributed by atoms with Crippen molar-refractivity contribution in [3.8, 4) is 0 Å². The first-order valence-electron chi connectivity index (χ1n) is 6.55. The second-order valence-electron chi connectivity index (χ2n) is 5.21. The van der Waals surface area contributed by atoms with E-state index in [1.165, 1.54) is 44.9 Å². The molecule has 0 atom stereocenters. The fraction of sp³-hybridized carbons (Fsp3) is 0.917. The summed E-state index contributed by atoms with van der Waals surface area (Å²) >= 11 is 0. The lowest BCUT2D eigenvalue weighted by molar-refractivity contribution is 0.418. The fourth-order valence-corrected chi connectivity index (χ4v) is 2.40. The molecule has 0 aromatic heterocycles. The Labute approximate surface area is 98.3 Å². The average Bonchev–Trinajstić information content (AvgIpc) is 3.11. The molecule has 4 nitrogen and oxygen atoms in total. The summed E-state index contributed by atoms with van der Waals surface area (Å²) in [5, 5.41) is 0. The molecule has 2 fully saturated rings. The maximum Gasteiger partial charge on any atom is 0.208 e. The summed E-state index contributed by atoms with van der Waals surface area (Å²) in [5.41, 5.74) is 2.76. The van der Waals surface area contributed by atoms with Crippen molar-refractivity contribution in [3.63, 3.8) is 0 Å². The predicted octanol–water partition coefficient (Wildman–Crippen LogP) is 1.48. The number of aliphatic imine (C=N–C) groups is 1. The maximum absolute atomic E-state index is 5.56. The summed E-state index contributed by atoms with van der Waals surface area (Å²) < 4.78 is 0. The molecule has 2 aliphatic rings. The van der Waals surface area contributed by atoms with E-state index in [0.29, 0.717) is 6.04 Å². The van der Waals surface area contributed by atoms with E-state index in [9.17, 15) is 0 Å². The molecule has 2 saturated carbocycles. The van der Waals surface area contributed by atoms with Gasteiger partial charge in [-0.15, -0.1) is 0 Å². The SMILES string of the molecule is CN(CC1CC1)C(=NC1CCCCC1)NN. The van der Waals surface area contributed by atoms with Gasteiger partial charge in [0.25, 0.3) is 0 Å². The normalized spacial score (nSPS) is 23.2. The van der Waals surface area contributed by atoms with Crippen LogP contribution in [0.4, 0.5) is 0 Å². The van der Waals surface area contributed by atoms with E-state index in [0.717, 1.165) is 18.4 Å². The van der Waals surface area contributed by atoms with Crippen molar-refractivity contribution in [2.75, 3.05) is 13.6 Å². The predicted molar refractivity (Wildman–Crippen MR) is 67.0 cm³/mol. The minimum atomic E-state index is 0.487. The minimum absolute atomic E-state index is 0.487. The molecule has 0 aromatic rings. The first kappa shape index (κ1) is 11.7. The molecule has 92 valence electrons. The molecule has 2 rings (SSSR count). The van der Waals surface area contributed by atoms with Gasteiger partial charge in [0.2, 0.25) is 5.96 Å². The first-order valence-corrected chi connectivity index (χ1v) is 6.55. The molecule has 0 unspecified atom stereocenters. The number of guanidine groups is 1. The molecule has 2 aliphatic carbocycles. The van der Waals surface area contributed by atoms with Crippen LogP contribution in [0.15, 0.2) is 4.99 Å². The van der Waals surface area contributed by atoms with Crippen LogP contribution in [0.2, 0.25) is 0 Å². The summed E-state index contributed by atoms with van der Waals surface area (Å²) in [4.78, 5) is 6.91. The van der Waals surface area contributed by atoms with E-state index in [2.05, 4.69) is 17.4 Å². The summed E-state index contributed by atoms with van der Waals surface area (Å²) in [6, 6.07) is 0.487. The van der Waals surface area contributed by atoms with Gasteiger partial charge in [-0.2, -0.15) is 0 Å². The van der Waals surface area contributed by atoms with Crippen molar-refractivity contribution in [1.29, 1.82) is 0 Å². The van der Waals surface area contributed by atoms with Gasteiger partial charge < -0.3 is 4.90 Å². The third kappa shape index (κ3) is 3.37. The van der Waals surface area contributed by atoms with Crippen LogP contribution in [0.1, 0.15) is 44.9 Å². The number of nitrogens with two attached hydrogens (primary N) is 1. The van der Waals surface area contributed by atoms with E-state index >= 15 is 0 Å². The number of hydrogen-bond donors (Lipinski definition) is 2. The van der Waals surface area contributed by atoms with Gasteiger partial charge in [-0.05, 0) is 31.6 Å². The van der Waals surface area contributed by atoms with E-state index in [1.54, 1.807) is 0 Å². The second kappa shape index (κ2) is 5.53. The van der Waals surface area contributed by atoms with Gasteiger partial charge in [-0.25, -0.2) is 10.8 Å². The van der Waals surface area contributed by atoms with Crippen molar-refractivity contribution >= 4 is 5.96 Å². The fourth-order valence-electron chi connectivity index (χ4n) is 2.40. The topological polar surface area (TPSA) is 53.6 Å². The van der Waals surface area contributed by atoms with E-state index < -0.39 is 0 Å². The van der Waals surface area contributed by atoms with Gasteiger partial charge in [0, 0.05) is 13.6 Å². The molecule has 0 bridgehead atoms. The third-order valence-electron chi connectivity index (χ3n) is 3.60. The smallest absolute Gasteiger partial charge is 0.208 e. The molecule has 0 amide bonds. The highest BCUT2D eigenvalue weighted by atomic mass is 15.4. The highest BCUT2D eigenvalue weighted by Crippen LogP contribution is 2.29. The molecule has 16 heavy (non-hydrogen) atoms. The van der Waals surface area contributed by atoms with Crippen LogP contribution in [0.3, 0.4) is 0 Å². The standard InChI is InChI=1S/C12H24N4/c1-16(9-10-7-8-10)12(15-13)14-11-5-3-2-4-6-11/h10-11H,2-9,13H2,1H3,(H,14,15). The van der Waals surface area contributed by atoms with Gasteiger partial charge in [-0.1, -0.05) is 19.3 Å². The van der Waals surface area contributed by atoms with Crippen LogP contribution in [-0.4, -0.2) is 30.5 Å². The minimum Gasteiger partial charge on any atom is -0.345 e. The number of nitrogens with zero attached hydrogens (tertiary/aromatic N) is 2. The van der Waals surface area contributed by atoms with Crippen molar-refractivity contribution in [2.24, 2.45) is 16.8 Å². The van der Waals surface area contributed by atoms with Gasteiger partial charge in [0.05, 0.1) is 6.04 Å². The highest BCUT2D eigenvalue weighted by Gasteiger charge is 2.24. The molecule has 0 saturated heterocycles. The first-order chi connectivity index (χ1) is 7.79. The third-order valence-corrected chi connectivity index (χ3v) is 3.60. The average molecular weight is 224 g/mol. The zero-order valence-corrected chi connectivity index (χ0v) is 10.3. The summed E-state index contributed by atoms with van der Waals surface area (Å²) in [6.07, 6.45) is 9.19. The van der Waals surface area contributed by atoms with Crippen LogP contribution in [0.5, 0.6) is 0 Å². The van der Waals surface area contributed by atoms with E-state index in [1.807, 2.05) is 0 Å². The van der Waals surface area contributed by atoms with Crippen molar-refractivity contribution < 1.29 is 0 Å². The van der Waals surface area contributed by atoms with Crippen molar-refractivity contribution in [1.82, 2.24) is 10.3 Å². The van der Waals surface area contributed by atoms with Crippen LogP contribution in [0.25, 0.3) is 0 Å². The van der Waals surface area contributed by atoms with Crippen LogP contribution >= 0.6 is 0 Å². The molecule has 3 N–H and O–H groups in total. The molecule has 0 aliphatic heterocycles. The van der Waals surface area contributed by atoms with Gasteiger partial charge in [-0.3, -0.25) is 5.43 Å². The monoisotopic (exact) mass is 224 g/mol. The second-order valence-corrected chi connectivity index (χ2v) is 5.21. The Morgan fingerprint density at radius 2 is 1.94 bits per heavy atom. The Morgan fingerprint density at radius 1 is 1.25 bits per heavy atom. The molecular formula is C12H24N4. The van der Waals surface area contributed by atoms with Gasteiger partial charge in [0.15, 0.2) is 0 Å². The Balaban J connectivity index is 1.87.